The van der Waals surface area contributed by atoms with Gasteiger partial charge in [0.25, 0.3) is 0 Å². The lowest BCUT2D eigenvalue weighted by Crippen LogP contribution is -2.18. The summed E-state index contributed by atoms with van der Waals surface area (Å²) in [6.07, 6.45) is 2.51. The van der Waals surface area contributed by atoms with Gasteiger partial charge in [-0.15, -0.1) is 0 Å². The molecule has 4 nitrogen and oxygen atoms in total. The maximum absolute atomic E-state index is 5.36. The Morgan fingerprint density at radius 2 is 2.05 bits per heavy atom. The Balaban J connectivity index is 2.05. The van der Waals surface area contributed by atoms with Gasteiger partial charge in [-0.1, -0.05) is 0 Å². The average molecular weight is 261 g/mol. The highest BCUT2D eigenvalue weighted by Gasteiger charge is 2.10. The van der Waals surface area contributed by atoms with E-state index in [0.29, 0.717) is 0 Å². The van der Waals surface area contributed by atoms with Gasteiger partial charge >= 0.3 is 0 Å². The predicted octanol–water partition coefficient (Wildman–Crippen LogP) is 3.34. The van der Waals surface area contributed by atoms with Gasteiger partial charge in [0.15, 0.2) is 0 Å². The minimum Gasteiger partial charge on any atom is -0.497 e. The predicted molar refractivity (Wildman–Crippen MR) is 75.0 cm³/mol. The summed E-state index contributed by atoms with van der Waals surface area (Å²) in [5, 5.41) is 3.41. The van der Waals surface area contributed by atoms with Crippen molar-refractivity contribution in [3.05, 3.63) is 42.4 Å². The van der Waals surface area contributed by atoms with Crippen LogP contribution in [-0.4, -0.2) is 20.3 Å². The van der Waals surface area contributed by atoms with Crippen molar-refractivity contribution in [2.24, 2.45) is 0 Å². The number of methoxy groups -OCH3 is 2. The molecule has 0 amide bonds. The lowest BCUT2D eigenvalue weighted by Gasteiger charge is -2.17. The Kier molecular flexibility index (Phi) is 4.34. The van der Waals surface area contributed by atoms with Crippen molar-refractivity contribution in [2.45, 2.75) is 19.4 Å². The molecule has 2 rings (SSSR count). The van der Waals surface area contributed by atoms with Crippen LogP contribution in [0.15, 0.2) is 41.0 Å². The summed E-state index contributed by atoms with van der Waals surface area (Å²) in [5.74, 6) is 2.51. The molecule has 1 atom stereocenters. The van der Waals surface area contributed by atoms with Crippen LogP contribution in [-0.2, 0) is 6.42 Å². The van der Waals surface area contributed by atoms with Gasteiger partial charge in [-0.3, -0.25) is 0 Å². The molecular formula is C15H19NO3. The number of furan rings is 1. The van der Waals surface area contributed by atoms with Crippen molar-refractivity contribution >= 4 is 5.69 Å². The van der Waals surface area contributed by atoms with Gasteiger partial charge in [0.2, 0.25) is 0 Å². The SMILES string of the molecule is COc1ccc(NC(C)Cc2ccco2)c(OC)c1. The summed E-state index contributed by atoms with van der Waals surface area (Å²) in [7, 11) is 3.29. The van der Waals surface area contributed by atoms with Crippen LogP contribution < -0.4 is 14.8 Å². The van der Waals surface area contributed by atoms with E-state index in [-0.39, 0.29) is 6.04 Å². The maximum atomic E-state index is 5.36. The fourth-order valence-electron chi connectivity index (χ4n) is 1.96. The highest BCUT2D eigenvalue weighted by Crippen LogP contribution is 2.29. The quantitative estimate of drug-likeness (QED) is 0.866. The molecule has 0 saturated heterocycles. The van der Waals surface area contributed by atoms with Gasteiger partial charge in [0.05, 0.1) is 26.2 Å². The van der Waals surface area contributed by atoms with E-state index in [1.165, 1.54) is 0 Å². The van der Waals surface area contributed by atoms with E-state index >= 15 is 0 Å². The molecule has 0 aliphatic heterocycles. The molecule has 102 valence electrons. The third kappa shape index (κ3) is 3.44. The first-order chi connectivity index (χ1) is 9.22. The molecule has 4 heteroatoms. The van der Waals surface area contributed by atoms with Crippen LogP contribution in [0.4, 0.5) is 5.69 Å². The van der Waals surface area contributed by atoms with E-state index in [2.05, 4.69) is 12.2 Å². The van der Waals surface area contributed by atoms with Crippen LogP contribution in [0.5, 0.6) is 11.5 Å². The number of benzene rings is 1. The Morgan fingerprint density at radius 3 is 2.68 bits per heavy atom. The van der Waals surface area contributed by atoms with Crippen molar-refractivity contribution in [3.63, 3.8) is 0 Å². The first-order valence-electron chi connectivity index (χ1n) is 6.24. The first kappa shape index (κ1) is 13.3. The smallest absolute Gasteiger partial charge is 0.145 e. The third-order valence-corrected chi connectivity index (χ3v) is 2.90. The van der Waals surface area contributed by atoms with Crippen LogP contribution >= 0.6 is 0 Å². The van der Waals surface area contributed by atoms with Crippen LogP contribution in [0.1, 0.15) is 12.7 Å². The molecule has 1 unspecified atom stereocenters. The molecule has 1 N–H and O–H groups in total. The van der Waals surface area contributed by atoms with Gasteiger partial charge in [-0.25, -0.2) is 0 Å². The summed E-state index contributed by atoms with van der Waals surface area (Å²) < 4.78 is 15.9. The van der Waals surface area contributed by atoms with E-state index in [1.54, 1.807) is 20.5 Å². The van der Waals surface area contributed by atoms with E-state index in [4.69, 9.17) is 13.9 Å². The Labute approximate surface area is 113 Å². The van der Waals surface area contributed by atoms with Crippen LogP contribution in [0.25, 0.3) is 0 Å². The van der Waals surface area contributed by atoms with Crippen molar-refractivity contribution in [1.29, 1.82) is 0 Å². The summed E-state index contributed by atoms with van der Waals surface area (Å²) in [6, 6.07) is 9.84. The van der Waals surface area contributed by atoms with Gasteiger partial charge in [0.1, 0.15) is 17.3 Å². The Bertz CT molecular complexity index is 508. The minimum absolute atomic E-state index is 0.244. The van der Waals surface area contributed by atoms with Crippen molar-refractivity contribution in [3.8, 4) is 11.5 Å². The molecule has 0 spiro atoms. The molecule has 0 saturated carbocycles. The van der Waals surface area contributed by atoms with Crippen molar-refractivity contribution in [2.75, 3.05) is 19.5 Å². The topological polar surface area (TPSA) is 43.6 Å². The number of hydrogen-bond acceptors (Lipinski definition) is 4. The largest absolute Gasteiger partial charge is 0.497 e. The standard InChI is InChI=1S/C15H19NO3/c1-11(9-13-5-4-8-19-13)16-14-7-6-12(17-2)10-15(14)18-3/h4-8,10-11,16H,9H2,1-3H3. The molecule has 1 heterocycles. The zero-order valence-electron chi connectivity index (χ0n) is 11.5. The Hall–Kier alpha value is -2.10. The molecule has 0 aliphatic rings. The molecule has 1 aromatic heterocycles. The zero-order chi connectivity index (χ0) is 13.7. The van der Waals surface area contributed by atoms with E-state index in [9.17, 15) is 0 Å². The molecule has 1 aromatic carbocycles. The van der Waals surface area contributed by atoms with E-state index in [0.717, 1.165) is 29.4 Å². The van der Waals surface area contributed by atoms with Crippen LogP contribution in [0.3, 0.4) is 0 Å². The fraction of sp³-hybridized carbons (Fsp3) is 0.333. The van der Waals surface area contributed by atoms with Crippen LogP contribution in [0, 0.1) is 0 Å². The summed E-state index contributed by atoms with van der Waals surface area (Å²) >= 11 is 0. The average Bonchev–Trinajstić information content (AvgIpc) is 2.91. The molecule has 0 aliphatic carbocycles. The van der Waals surface area contributed by atoms with E-state index < -0.39 is 0 Å². The summed E-state index contributed by atoms with van der Waals surface area (Å²) in [6.45, 7) is 2.10. The fourth-order valence-corrected chi connectivity index (χ4v) is 1.96. The second-order valence-electron chi connectivity index (χ2n) is 4.40. The first-order valence-corrected chi connectivity index (χ1v) is 6.24. The highest BCUT2D eigenvalue weighted by atomic mass is 16.5. The molecule has 0 radical (unpaired) electrons. The second-order valence-corrected chi connectivity index (χ2v) is 4.40. The zero-order valence-corrected chi connectivity index (χ0v) is 11.5. The van der Waals surface area contributed by atoms with E-state index in [1.807, 2.05) is 30.3 Å². The molecule has 0 fully saturated rings. The normalized spacial score (nSPS) is 11.9. The lowest BCUT2D eigenvalue weighted by atomic mass is 10.1. The maximum Gasteiger partial charge on any atom is 0.145 e. The minimum atomic E-state index is 0.244. The molecule has 19 heavy (non-hydrogen) atoms. The number of rotatable bonds is 6. The number of ether oxygens (including phenoxy) is 2. The highest BCUT2D eigenvalue weighted by molar-refractivity contribution is 5.59. The number of hydrogen-bond donors (Lipinski definition) is 1. The third-order valence-electron chi connectivity index (χ3n) is 2.90. The van der Waals surface area contributed by atoms with Gasteiger partial charge in [-0.2, -0.15) is 0 Å². The number of anilines is 1. The Morgan fingerprint density at radius 1 is 1.21 bits per heavy atom. The van der Waals surface area contributed by atoms with Gasteiger partial charge in [-0.05, 0) is 31.2 Å². The summed E-state index contributed by atoms with van der Waals surface area (Å²) in [4.78, 5) is 0. The molecular weight excluding hydrogens is 242 g/mol. The second kappa shape index (κ2) is 6.18. The lowest BCUT2D eigenvalue weighted by molar-refractivity contribution is 0.395. The van der Waals surface area contributed by atoms with Crippen LogP contribution in [0.2, 0.25) is 0 Å². The molecule has 0 bridgehead atoms. The van der Waals surface area contributed by atoms with Crippen molar-refractivity contribution < 1.29 is 13.9 Å². The van der Waals surface area contributed by atoms with Gasteiger partial charge < -0.3 is 19.2 Å². The van der Waals surface area contributed by atoms with Crippen molar-refractivity contribution in [1.82, 2.24) is 0 Å². The summed E-state index contributed by atoms with van der Waals surface area (Å²) in [5.41, 5.74) is 0.947. The number of nitrogens with one attached hydrogen (secondary N) is 1. The van der Waals surface area contributed by atoms with Gasteiger partial charge in [0, 0.05) is 18.5 Å². The monoisotopic (exact) mass is 261 g/mol. The molecule has 2 aromatic rings.